The van der Waals surface area contributed by atoms with E-state index in [9.17, 15) is 13.2 Å². The van der Waals surface area contributed by atoms with E-state index in [1.165, 1.54) is 4.90 Å². The largest absolute Gasteiger partial charge is 0.484 e. The molecule has 2 aromatic carbocycles. The molecule has 0 bridgehead atoms. The predicted molar refractivity (Wildman–Crippen MR) is 101 cm³/mol. The Morgan fingerprint density at radius 1 is 1.12 bits per heavy atom. The number of carbonyl (C=O) groups excluding carboxylic acids is 1. The molecular weight excluding hydrogens is 352 g/mol. The zero-order valence-electron chi connectivity index (χ0n) is 14.6. The first-order chi connectivity index (χ1) is 12.4. The number of sulfone groups is 1. The van der Waals surface area contributed by atoms with Gasteiger partial charge in [-0.1, -0.05) is 18.2 Å². The van der Waals surface area contributed by atoms with E-state index >= 15 is 0 Å². The molecule has 1 fully saturated rings. The van der Waals surface area contributed by atoms with E-state index in [-0.39, 0.29) is 30.1 Å². The molecule has 138 valence electrons. The molecule has 1 saturated heterocycles. The van der Waals surface area contributed by atoms with Crippen molar-refractivity contribution in [2.24, 2.45) is 0 Å². The van der Waals surface area contributed by atoms with Crippen LogP contribution in [0.5, 0.6) is 5.75 Å². The molecule has 1 heterocycles. The van der Waals surface area contributed by atoms with E-state index in [4.69, 9.17) is 4.74 Å². The minimum Gasteiger partial charge on any atom is -0.484 e. The quantitative estimate of drug-likeness (QED) is 0.841. The van der Waals surface area contributed by atoms with Crippen molar-refractivity contribution in [2.45, 2.75) is 12.5 Å². The van der Waals surface area contributed by atoms with Gasteiger partial charge in [-0.2, -0.15) is 0 Å². The van der Waals surface area contributed by atoms with Crippen LogP contribution in [-0.4, -0.2) is 50.4 Å². The highest BCUT2D eigenvalue weighted by Crippen LogP contribution is 2.20. The predicted octanol–water partition coefficient (Wildman–Crippen LogP) is 2.45. The number of amides is 1. The van der Waals surface area contributed by atoms with Gasteiger partial charge in [0, 0.05) is 24.5 Å². The van der Waals surface area contributed by atoms with E-state index in [0.29, 0.717) is 12.2 Å². The van der Waals surface area contributed by atoms with Crippen LogP contribution in [0.4, 0.5) is 11.4 Å². The SMILES string of the molecule is CN(C(=O)COc1ccc(Nc2ccccc2)cc1)C1CCS(=O)(=O)C1. The summed E-state index contributed by atoms with van der Waals surface area (Å²) < 4.78 is 28.6. The Labute approximate surface area is 153 Å². The summed E-state index contributed by atoms with van der Waals surface area (Å²) in [4.78, 5) is 13.7. The van der Waals surface area contributed by atoms with Gasteiger partial charge in [-0.05, 0) is 42.8 Å². The minimum absolute atomic E-state index is 0.0368. The van der Waals surface area contributed by atoms with Crippen molar-refractivity contribution >= 4 is 27.1 Å². The van der Waals surface area contributed by atoms with Crippen LogP contribution in [0, 0.1) is 0 Å². The van der Waals surface area contributed by atoms with Gasteiger partial charge in [-0.25, -0.2) is 8.42 Å². The fourth-order valence-electron chi connectivity index (χ4n) is 2.85. The van der Waals surface area contributed by atoms with Crippen molar-refractivity contribution in [1.82, 2.24) is 4.90 Å². The highest BCUT2D eigenvalue weighted by Gasteiger charge is 2.32. The van der Waals surface area contributed by atoms with Crippen molar-refractivity contribution in [1.29, 1.82) is 0 Å². The molecule has 1 N–H and O–H groups in total. The smallest absolute Gasteiger partial charge is 0.260 e. The summed E-state index contributed by atoms with van der Waals surface area (Å²) in [5.74, 6) is 0.546. The van der Waals surface area contributed by atoms with Gasteiger partial charge in [-0.15, -0.1) is 0 Å². The van der Waals surface area contributed by atoms with Gasteiger partial charge < -0.3 is 15.0 Å². The number of hydrogen-bond acceptors (Lipinski definition) is 5. The summed E-state index contributed by atoms with van der Waals surface area (Å²) in [6.45, 7) is -0.113. The van der Waals surface area contributed by atoms with Gasteiger partial charge in [0.2, 0.25) is 0 Å². The fourth-order valence-corrected chi connectivity index (χ4v) is 4.63. The summed E-state index contributed by atoms with van der Waals surface area (Å²) in [5.41, 5.74) is 1.91. The highest BCUT2D eigenvalue weighted by atomic mass is 32.2. The number of hydrogen-bond donors (Lipinski definition) is 1. The first-order valence-electron chi connectivity index (χ1n) is 8.44. The van der Waals surface area contributed by atoms with Crippen LogP contribution in [0.1, 0.15) is 6.42 Å². The monoisotopic (exact) mass is 374 g/mol. The summed E-state index contributed by atoms with van der Waals surface area (Å²) in [5, 5.41) is 3.27. The molecule has 3 rings (SSSR count). The van der Waals surface area contributed by atoms with Gasteiger partial charge in [-0.3, -0.25) is 4.79 Å². The average Bonchev–Trinajstić information content (AvgIpc) is 3.01. The molecule has 0 radical (unpaired) electrons. The number of anilines is 2. The second-order valence-corrected chi connectivity index (χ2v) is 8.59. The maximum absolute atomic E-state index is 12.2. The van der Waals surface area contributed by atoms with E-state index in [2.05, 4.69) is 5.32 Å². The molecule has 6 nitrogen and oxygen atoms in total. The highest BCUT2D eigenvalue weighted by molar-refractivity contribution is 7.91. The van der Waals surface area contributed by atoms with Crippen LogP contribution in [0.3, 0.4) is 0 Å². The Balaban J connectivity index is 1.50. The maximum Gasteiger partial charge on any atom is 0.260 e. The van der Waals surface area contributed by atoms with Crippen molar-refractivity contribution in [3.8, 4) is 5.75 Å². The average molecular weight is 374 g/mol. The maximum atomic E-state index is 12.2. The van der Waals surface area contributed by atoms with E-state index in [1.54, 1.807) is 19.2 Å². The van der Waals surface area contributed by atoms with E-state index in [0.717, 1.165) is 11.4 Å². The van der Waals surface area contributed by atoms with Crippen molar-refractivity contribution in [3.63, 3.8) is 0 Å². The van der Waals surface area contributed by atoms with Crippen LogP contribution in [0.2, 0.25) is 0 Å². The van der Waals surface area contributed by atoms with E-state index in [1.807, 2.05) is 42.5 Å². The molecule has 0 spiro atoms. The molecule has 26 heavy (non-hydrogen) atoms. The van der Waals surface area contributed by atoms with Gasteiger partial charge in [0.05, 0.1) is 11.5 Å². The molecule has 7 heteroatoms. The lowest BCUT2D eigenvalue weighted by Gasteiger charge is -2.23. The number of nitrogens with zero attached hydrogens (tertiary/aromatic N) is 1. The third kappa shape index (κ3) is 4.76. The third-order valence-corrected chi connectivity index (χ3v) is 6.18. The van der Waals surface area contributed by atoms with Crippen molar-refractivity contribution in [3.05, 3.63) is 54.6 Å². The molecule has 1 atom stereocenters. The third-order valence-electron chi connectivity index (χ3n) is 4.43. The number of ether oxygens (including phenoxy) is 1. The zero-order chi connectivity index (χ0) is 18.6. The number of benzene rings is 2. The van der Waals surface area contributed by atoms with Crippen LogP contribution in [0.25, 0.3) is 0 Å². The molecule has 1 aliphatic heterocycles. The standard InChI is InChI=1S/C19H22N2O4S/c1-21(17-11-12-26(23,24)14-17)19(22)13-25-18-9-7-16(8-10-18)20-15-5-3-2-4-6-15/h2-10,17,20H,11-14H2,1H3. The number of nitrogens with one attached hydrogen (secondary N) is 1. The molecule has 2 aromatic rings. The lowest BCUT2D eigenvalue weighted by atomic mass is 10.2. The van der Waals surface area contributed by atoms with Gasteiger partial charge >= 0.3 is 0 Å². The Kier molecular flexibility index (Phi) is 5.46. The fraction of sp³-hybridized carbons (Fsp3) is 0.316. The Morgan fingerprint density at radius 2 is 1.77 bits per heavy atom. The van der Waals surface area contributed by atoms with Crippen LogP contribution < -0.4 is 10.1 Å². The molecular formula is C19H22N2O4S. The van der Waals surface area contributed by atoms with Gasteiger partial charge in [0.25, 0.3) is 5.91 Å². The normalized spacial score (nSPS) is 18.3. The summed E-state index contributed by atoms with van der Waals surface area (Å²) in [7, 11) is -1.38. The lowest BCUT2D eigenvalue weighted by molar-refractivity contribution is -0.133. The summed E-state index contributed by atoms with van der Waals surface area (Å²) >= 11 is 0. The molecule has 0 saturated carbocycles. The second kappa shape index (κ2) is 7.78. The summed E-state index contributed by atoms with van der Waals surface area (Å²) in [6.07, 6.45) is 0.491. The number of carbonyl (C=O) groups is 1. The molecule has 0 aliphatic carbocycles. The summed E-state index contributed by atoms with van der Waals surface area (Å²) in [6, 6.07) is 16.9. The zero-order valence-corrected chi connectivity index (χ0v) is 15.4. The topological polar surface area (TPSA) is 75.7 Å². The lowest BCUT2D eigenvalue weighted by Crippen LogP contribution is -2.40. The Hall–Kier alpha value is -2.54. The number of likely N-dealkylation sites (N-methyl/N-ethyl adjacent to an activating group) is 1. The number of para-hydroxylation sites is 1. The van der Waals surface area contributed by atoms with Crippen molar-refractivity contribution in [2.75, 3.05) is 30.5 Å². The Morgan fingerprint density at radius 3 is 2.38 bits per heavy atom. The Bertz CT molecular complexity index is 851. The molecule has 1 aliphatic rings. The molecule has 1 amide bonds. The van der Waals surface area contributed by atoms with Gasteiger partial charge in [0.1, 0.15) is 5.75 Å². The van der Waals surface area contributed by atoms with Crippen LogP contribution in [-0.2, 0) is 14.6 Å². The van der Waals surface area contributed by atoms with Gasteiger partial charge in [0.15, 0.2) is 16.4 Å². The number of rotatable bonds is 6. The molecule has 1 unspecified atom stereocenters. The first kappa shape index (κ1) is 18.3. The van der Waals surface area contributed by atoms with Crippen LogP contribution in [0.15, 0.2) is 54.6 Å². The molecule has 0 aromatic heterocycles. The second-order valence-electron chi connectivity index (χ2n) is 6.37. The first-order valence-corrected chi connectivity index (χ1v) is 10.3. The van der Waals surface area contributed by atoms with Crippen molar-refractivity contribution < 1.29 is 17.9 Å². The minimum atomic E-state index is -3.01. The van der Waals surface area contributed by atoms with E-state index < -0.39 is 9.84 Å². The van der Waals surface area contributed by atoms with Crippen LogP contribution >= 0.6 is 0 Å².